The van der Waals surface area contributed by atoms with Gasteiger partial charge in [-0.25, -0.2) is 0 Å². The molecule has 1 unspecified atom stereocenters. The molecule has 30 heavy (non-hydrogen) atoms. The van der Waals surface area contributed by atoms with Crippen LogP contribution in [0.2, 0.25) is 0 Å². The van der Waals surface area contributed by atoms with Gasteiger partial charge in [-0.15, -0.1) is 0 Å². The van der Waals surface area contributed by atoms with Gasteiger partial charge in [0.05, 0.1) is 26.0 Å². The number of methoxy groups -OCH3 is 1. The maximum absolute atomic E-state index is 13.1. The maximum Gasteiger partial charge on any atom is 0.254 e. The van der Waals surface area contributed by atoms with Crippen molar-refractivity contribution in [3.63, 3.8) is 0 Å². The second-order valence-electron chi connectivity index (χ2n) is 7.03. The van der Waals surface area contributed by atoms with Crippen LogP contribution >= 0.6 is 0 Å². The van der Waals surface area contributed by atoms with Crippen molar-refractivity contribution in [3.8, 4) is 11.5 Å². The van der Waals surface area contributed by atoms with Gasteiger partial charge in [0.2, 0.25) is 0 Å². The van der Waals surface area contributed by atoms with Gasteiger partial charge < -0.3 is 19.1 Å². The predicted molar refractivity (Wildman–Crippen MR) is 115 cm³/mol. The zero-order chi connectivity index (χ0) is 20.9. The third-order valence-corrected chi connectivity index (χ3v) is 5.10. The van der Waals surface area contributed by atoms with Gasteiger partial charge in [-0.05, 0) is 29.7 Å². The van der Waals surface area contributed by atoms with Gasteiger partial charge >= 0.3 is 0 Å². The molecule has 3 aromatic rings. The lowest BCUT2D eigenvalue weighted by Gasteiger charge is -2.33. The Morgan fingerprint density at radius 3 is 2.87 bits per heavy atom. The van der Waals surface area contributed by atoms with Crippen LogP contribution in [0.4, 0.5) is 0 Å². The average Bonchev–Trinajstić information content (AvgIpc) is 2.82. The SMILES string of the molecule is C=CCOc1ccc(C(=O)N2CCOC(c3cc4ccccc4cn3)C2)cc1OC. The van der Waals surface area contributed by atoms with Gasteiger partial charge in [-0.1, -0.05) is 36.9 Å². The van der Waals surface area contributed by atoms with E-state index in [1.54, 1.807) is 36.3 Å². The number of ether oxygens (including phenoxy) is 3. The summed E-state index contributed by atoms with van der Waals surface area (Å²) in [5, 5.41) is 2.19. The molecule has 1 amide bonds. The summed E-state index contributed by atoms with van der Waals surface area (Å²) in [6, 6.07) is 15.3. The standard InChI is InChI=1S/C24H24N2O4/c1-3-11-29-21-9-8-18(14-22(21)28-2)24(27)26-10-12-30-23(16-26)20-13-17-6-4-5-7-19(17)15-25-20/h3-9,13-15,23H,1,10-12,16H2,2H3. The molecule has 2 aromatic carbocycles. The molecule has 0 bridgehead atoms. The molecule has 0 radical (unpaired) electrons. The number of fused-ring (bicyclic) bond motifs is 1. The van der Waals surface area contributed by atoms with E-state index < -0.39 is 0 Å². The number of benzene rings is 2. The molecule has 0 N–H and O–H groups in total. The molecule has 1 aliphatic rings. The van der Waals surface area contributed by atoms with E-state index in [9.17, 15) is 4.79 Å². The minimum absolute atomic E-state index is 0.0716. The summed E-state index contributed by atoms with van der Waals surface area (Å²) in [7, 11) is 1.56. The lowest BCUT2D eigenvalue weighted by Crippen LogP contribution is -2.42. The van der Waals surface area contributed by atoms with Crippen molar-refractivity contribution < 1.29 is 19.0 Å². The average molecular weight is 404 g/mol. The molecule has 1 saturated heterocycles. The zero-order valence-electron chi connectivity index (χ0n) is 16.9. The molecule has 1 fully saturated rings. The highest BCUT2D eigenvalue weighted by Crippen LogP contribution is 2.30. The molecule has 4 rings (SSSR count). The van der Waals surface area contributed by atoms with Crippen molar-refractivity contribution in [1.82, 2.24) is 9.88 Å². The predicted octanol–water partition coefficient (Wildman–Crippen LogP) is 4.02. The van der Waals surface area contributed by atoms with E-state index in [1.165, 1.54) is 0 Å². The maximum atomic E-state index is 13.1. The highest BCUT2D eigenvalue weighted by molar-refractivity contribution is 5.95. The number of aromatic nitrogens is 1. The monoisotopic (exact) mass is 404 g/mol. The van der Waals surface area contributed by atoms with Gasteiger partial charge in [0.15, 0.2) is 11.5 Å². The summed E-state index contributed by atoms with van der Waals surface area (Å²) in [6.45, 7) is 5.45. The molecule has 0 spiro atoms. The molecule has 1 aliphatic heterocycles. The molecular weight excluding hydrogens is 380 g/mol. The number of carbonyl (C=O) groups is 1. The Bertz CT molecular complexity index is 1070. The summed E-state index contributed by atoms with van der Waals surface area (Å²) in [5.41, 5.74) is 1.38. The Labute approximate surface area is 175 Å². The van der Waals surface area contributed by atoms with Crippen LogP contribution in [0.15, 0.2) is 67.4 Å². The largest absolute Gasteiger partial charge is 0.493 e. The first-order valence-corrected chi connectivity index (χ1v) is 9.87. The first-order valence-electron chi connectivity index (χ1n) is 9.87. The number of carbonyl (C=O) groups excluding carboxylic acids is 1. The van der Waals surface area contributed by atoms with Gasteiger partial charge in [0, 0.05) is 23.7 Å². The molecule has 6 heteroatoms. The van der Waals surface area contributed by atoms with Crippen LogP contribution in [0, 0.1) is 0 Å². The van der Waals surface area contributed by atoms with E-state index in [-0.39, 0.29) is 12.0 Å². The van der Waals surface area contributed by atoms with Crippen molar-refractivity contribution in [3.05, 3.63) is 78.6 Å². The van der Waals surface area contributed by atoms with Crippen LogP contribution in [-0.4, -0.2) is 49.2 Å². The topological polar surface area (TPSA) is 60.9 Å². The van der Waals surface area contributed by atoms with Crippen LogP contribution in [0.1, 0.15) is 22.2 Å². The Hall–Kier alpha value is -3.38. The molecule has 0 aliphatic carbocycles. The lowest BCUT2D eigenvalue weighted by molar-refractivity contribution is -0.0246. The van der Waals surface area contributed by atoms with Crippen molar-refractivity contribution in [2.75, 3.05) is 33.4 Å². The van der Waals surface area contributed by atoms with Crippen molar-refractivity contribution in [2.45, 2.75) is 6.10 Å². The Morgan fingerprint density at radius 2 is 2.07 bits per heavy atom. The number of rotatable bonds is 6. The third kappa shape index (κ3) is 4.14. The highest BCUT2D eigenvalue weighted by Gasteiger charge is 2.27. The fourth-order valence-corrected chi connectivity index (χ4v) is 3.54. The van der Waals surface area contributed by atoms with Gasteiger partial charge in [0.1, 0.15) is 12.7 Å². The number of morpholine rings is 1. The number of amides is 1. The van der Waals surface area contributed by atoms with E-state index in [0.29, 0.717) is 43.4 Å². The van der Waals surface area contributed by atoms with Crippen LogP contribution < -0.4 is 9.47 Å². The second kappa shape index (κ2) is 8.97. The molecule has 1 atom stereocenters. The van der Waals surface area contributed by atoms with Crippen LogP contribution in [0.3, 0.4) is 0 Å². The van der Waals surface area contributed by atoms with Gasteiger partial charge in [0.25, 0.3) is 5.91 Å². The number of nitrogens with zero attached hydrogens (tertiary/aromatic N) is 2. The minimum Gasteiger partial charge on any atom is -0.493 e. The Kier molecular flexibility index (Phi) is 5.95. The minimum atomic E-state index is -0.260. The summed E-state index contributed by atoms with van der Waals surface area (Å²) >= 11 is 0. The third-order valence-electron chi connectivity index (χ3n) is 5.10. The van der Waals surface area contributed by atoms with Crippen molar-refractivity contribution in [2.24, 2.45) is 0 Å². The Balaban J connectivity index is 1.52. The fourth-order valence-electron chi connectivity index (χ4n) is 3.54. The van der Waals surface area contributed by atoms with E-state index in [2.05, 4.69) is 17.6 Å². The normalized spacial score (nSPS) is 16.3. The summed E-state index contributed by atoms with van der Waals surface area (Å²) in [6.07, 6.45) is 3.25. The molecule has 1 aromatic heterocycles. The first-order chi connectivity index (χ1) is 14.7. The van der Waals surface area contributed by atoms with E-state index in [0.717, 1.165) is 16.5 Å². The second-order valence-corrected chi connectivity index (χ2v) is 7.03. The highest BCUT2D eigenvalue weighted by atomic mass is 16.5. The lowest BCUT2D eigenvalue weighted by atomic mass is 10.1. The molecule has 6 nitrogen and oxygen atoms in total. The summed E-state index contributed by atoms with van der Waals surface area (Å²) in [5.74, 6) is 1.02. The quantitative estimate of drug-likeness (QED) is 0.581. The van der Waals surface area contributed by atoms with Crippen LogP contribution in [0.25, 0.3) is 10.8 Å². The summed E-state index contributed by atoms with van der Waals surface area (Å²) in [4.78, 5) is 19.5. The van der Waals surface area contributed by atoms with E-state index in [1.807, 2.05) is 30.5 Å². The first kappa shape index (κ1) is 19.9. The van der Waals surface area contributed by atoms with E-state index in [4.69, 9.17) is 14.2 Å². The van der Waals surface area contributed by atoms with E-state index >= 15 is 0 Å². The summed E-state index contributed by atoms with van der Waals surface area (Å²) < 4.78 is 16.9. The van der Waals surface area contributed by atoms with Crippen LogP contribution in [0.5, 0.6) is 11.5 Å². The number of pyridine rings is 1. The smallest absolute Gasteiger partial charge is 0.254 e. The molecular formula is C24H24N2O4. The number of hydrogen-bond donors (Lipinski definition) is 0. The van der Waals surface area contributed by atoms with Gasteiger partial charge in [-0.3, -0.25) is 9.78 Å². The number of hydrogen-bond acceptors (Lipinski definition) is 5. The molecule has 2 heterocycles. The van der Waals surface area contributed by atoms with Crippen LogP contribution in [-0.2, 0) is 4.74 Å². The van der Waals surface area contributed by atoms with Crippen molar-refractivity contribution >= 4 is 16.7 Å². The molecule has 0 saturated carbocycles. The fraction of sp³-hybridized carbons (Fsp3) is 0.250. The van der Waals surface area contributed by atoms with Crippen molar-refractivity contribution in [1.29, 1.82) is 0 Å². The zero-order valence-corrected chi connectivity index (χ0v) is 16.9. The Morgan fingerprint density at radius 1 is 1.23 bits per heavy atom. The molecule has 154 valence electrons. The van der Waals surface area contributed by atoms with Gasteiger partial charge in [-0.2, -0.15) is 0 Å².